The molecule has 392 valence electrons. The molecule has 0 aliphatic rings. The molecule has 1 unspecified atom stereocenters. The van der Waals surface area contributed by atoms with Crippen molar-refractivity contribution < 1.29 is 28.6 Å². The third kappa shape index (κ3) is 51.8. The SMILES string of the molecule is CCCCCCCC(=O)OC[C@H](COC(=O)CCCCCCCCCCCCCCCCCCCCC(C)CC)OC(=O)CCCCCCCCCCCCCCCCCCCCC(C)C. The van der Waals surface area contributed by atoms with Crippen LogP contribution in [0.5, 0.6) is 0 Å². The van der Waals surface area contributed by atoms with Crippen LogP contribution in [0, 0.1) is 11.8 Å². The van der Waals surface area contributed by atoms with Crippen LogP contribution in [0.1, 0.15) is 336 Å². The minimum absolute atomic E-state index is 0.0636. The Morgan fingerprint density at radius 2 is 0.576 bits per heavy atom. The van der Waals surface area contributed by atoms with Gasteiger partial charge >= 0.3 is 17.9 Å². The van der Waals surface area contributed by atoms with E-state index in [1.54, 1.807) is 0 Å². The van der Waals surface area contributed by atoms with E-state index in [1.165, 1.54) is 218 Å². The minimum atomic E-state index is -0.760. The maximum Gasteiger partial charge on any atom is 0.306 e. The maximum atomic E-state index is 12.8. The molecule has 0 amide bonds. The number of hydrogen-bond acceptors (Lipinski definition) is 6. The molecule has 0 N–H and O–H groups in total. The summed E-state index contributed by atoms with van der Waals surface area (Å²) in [6.07, 6.45) is 57.1. The van der Waals surface area contributed by atoms with Gasteiger partial charge in [0, 0.05) is 19.3 Å². The largest absolute Gasteiger partial charge is 0.462 e. The average molecular weight is 934 g/mol. The number of unbranched alkanes of at least 4 members (excludes halogenated alkanes) is 38. The summed E-state index contributed by atoms with van der Waals surface area (Å²) in [6.45, 7) is 11.4. The highest BCUT2D eigenvalue weighted by atomic mass is 16.6. The first-order valence-electron chi connectivity index (χ1n) is 29.8. The van der Waals surface area contributed by atoms with Gasteiger partial charge in [0.05, 0.1) is 0 Å². The van der Waals surface area contributed by atoms with Crippen LogP contribution in [-0.4, -0.2) is 37.2 Å². The van der Waals surface area contributed by atoms with E-state index < -0.39 is 6.10 Å². The molecule has 0 radical (unpaired) electrons. The number of hydrogen-bond donors (Lipinski definition) is 0. The molecule has 0 saturated carbocycles. The lowest BCUT2D eigenvalue weighted by atomic mass is 9.99. The Balaban J connectivity index is 4.01. The van der Waals surface area contributed by atoms with Gasteiger partial charge in [0.15, 0.2) is 6.10 Å². The van der Waals surface area contributed by atoms with Crippen molar-refractivity contribution in [1.82, 2.24) is 0 Å². The zero-order chi connectivity index (χ0) is 48.2. The fourth-order valence-corrected chi connectivity index (χ4v) is 9.20. The summed E-state index contributed by atoms with van der Waals surface area (Å²) in [5, 5.41) is 0. The molecule has 0 saturated heterocycles. The summed E-state index contributed by atoms with van der Waals surface area (Å²) in [6, 6.07) is 0. The molecule has 0 aromatic heterocycles. The quantitative estimate of drug-likeness (QED) is 0.0343. The van der Waals surface area contributed by atoms with Gasteiger partial charge in [-0.15, -0.1) is 0 Å². The van der Waals surface area contributed by atoms with Crippen molar-refractivity contribution in [1.29, 1.82) is 0 Å². The zero-order valence-corrected chi connectivity index (χ0v) is 45.3. The summed E-state index contributed by atoms with van der Waals surface area (Å²) in [7, 11) is 0. The molecule has 0 spiro atoms. The lowest BCUT2D eigenvalue weighted by Gasteiger charge is -2.18. The average Bonchev–Trinajstić information content (AvgIpc) is 3.30. The van der Waals surface area contributed by atoms with E-state index in [1.807, 2.05) is 0 Å². The second-order valence-corrected chi connectivity index (χ2v) is 21.4. The van der Waals surface area contributed by atoms with Gasteiger partial charge in [-0.2, -0.15) is 0 Å². The van der Waals surface area contributed by atoms with Crippen LogP contribution in [0.2, 0.25) is 0 Å². The number of carbonyl (C=O) groups is 3. The zero-order valence-electron chi connectivity index (χ0n) is 45.3. The van der Waals surface area contributed by atoms with Crippen LogP contribution in [0.3, 0.4) is 0 Å². The number of carbonyl (C=O) groups excluding carboxylic acids is 3. The predicted molar refractivity (Wildman–Crippen MR) is 284 cm³/mol. The molecule has 0 bridgehead atoms. The lowest BCUT2D eigenvalue weighted by molar-refractivity contribution is -0.167. The second kappa shape index (κ2) is 52.8. The van der Waals surface area contributed by atoms with E-state index >= 15 is 0 Å². The molecular formula is C60H116O6. The molecule has 0 heterocycles. The summed E-state index contributed by atoms with van der Waals surface area (Å²) in [4.78, 5) is 37.8. The Morgan fingerprint density at radius 3 is 0.864 bits per heavy atom. The van der Waals surface area contributed by atoms with Crippen LogP contribution in [-0.2, 0) is 28.6 Å². The van der Waals surface area contributed by atoms with Gasteiger partial charge in [-0.1, -0.05) is 298 Å². The summed E-state index contributed by atoms with van der Waals surface area (Å²) in [5.41, 5.74) is 0. The highest BCUT2D eigenvalue weighted by Gasteiger charge is 2.19. The Labute approximate surface area is 412 Å². The molecule has 0 rings (SSSR count). The van der Waals surface area contributed by atoms with Crippen LogP contribution >= 0.6 is 0 Å². The van der Waals surface area contributed by atoms with Gasteiger partial charge in [0.1, 0.15) is 13.2 Å². The van der Waals surface area contributed by atoms with Crippen molar-refractivity contribution >= 4 is 17.9 Å². The molecule has 6 nitrogen and oxygen atoms in total. The van der Waals surface area contributed by atoms with Crippen LogP contribution < -0.4 is 0 Å². The first kappa shape index (κ1) is 64.4. The molecular weight excluding hydrogens is 817 g/mol. The fraction of sp³-hybridized carbons (Fsp3) is 0.950. The standard InChI is InChI=1S/C60H116O6/c1-6-8-9-38-45-50-58(61)64-53-57(66-60(63)52-47-42-37-33-29-25-21-17-12-10-14-18-22-26-30-34-39-43-48-55(3)4)54-65-59(62)51-46-41-36-32-28-24-20-16-13-11-15-19-23-27-31-35-40-44-49-56(5)7-2/h55-57H,6-54H2,1-5H3/t56?,57-/m1/s1. The smallest absolute Gasteiger partial charge is 0.306 e. The van der Waals surface area contributed by atoms with Gasteiger partial charge in [0.25, 0.3) is 0 Å². The molecule has 6 heteroatoms. The van der Waals surface area contributed by atoms with Crippen LogP contribution in [0.4, 0.5) is 0 Å². The molecule has 0 aliphatic carbocycles. The van der Waals surface area contributed by atoms with E-state index in [0.29, 0.717) is 19.3 Å². The van der Waals surface area contributed by atoms with Crippen LogP contribution in [0.25, 0.3) is 0 Å². The Kier molecular flexibility index (Phi) is 51.5. The lowest BCUT2D eigenvalue weighted by Crippen LogP contribution is -2.30. The molecule has 0 aliphatic heterocycles. The molecule has 2 atom stereocenters. The van der Waals surface area contributed by atoms with Crippen molar-refractivity contribution in [3.05, 3.63) is 0 Å². The van der Waals surface area contributed by atoms with Crippen molar-refractivity contribution in [3.63, 3.8) is 0 Å². The number of rotatable bonds is 54. The number of ether oxygens (including phenoxy) is 3. The van der Waals surface area contributed by atoms with E-state index in [9.17, 15) is 14.4 Å². The Bertz CT molecular complexity index is 1010. The van der Waals surface area contributed by atoms with Crippen LogP contribution in [0.15, 0.2) is 0 Å². The summed E-state index contributed by atoms with van der Waals surface area (Å²) >= 11 is 0. The van der Waals surface area contributed by atoms with E-state index in [-0.39, 0.29) is 31.1 Å². The third-order valence-corrected chi connectivity index (χ3v) is 14.1. The fourth-order valence-electron chi connectivity index (χ4n) is 9.20. The topological polar surface area (TPSA) is 78.9 Å². The predicted octanol–water partition coefficient (Wildman–Crippen LogP) is 19.7. The first-order valence-corrected chi connectivity index (χ1v) is 29.8. The monoisotopic (exact) mass is 933 g/mol. The van der Waals surface area contributed by atoms with Gasteiger partial charge in [-0.3, -0.25) is 14.4 Å². The van der Waals surface area contributed by atoms with E-state index in [2.05, 4.69) is 34.6 Å². The van der Waals surface area contributed by atoms with Gasteiger partial charge in [-0.05, 0) is 31.1 Å². The summed E-state index contributed by atoms with van der Waals surface area (Å²) in [5.74, 6) is 0.915. The Hall–Kier alpha value is -1.59. The summed E-state index contributed by atoms with van der Waals surface area (Å²) < 4.78 is 16.8. The van der Waals surface area contributed by atoms with Crippen molar-refractivity contribution in [2.24, 2.45) is 11.8 Å². The molecule has 0 aromatic carbocycles. The first-order chi connectivity index (χ1) is 32.3. The molecule has 66 heavy (non-hydrogen) atoms. The molecule has 0 fully saturated rings. The van der Waals surface area contributed by atoms with Gasteiger partial charge in [-0.25, -0.2) is 0 Å². The highest BCUT2D eigenvalue weighted by molar-refractivity contribution is 5.71. The second-order valence-electron chi connectivity index (χ2n) is 21.4. The minimum Gasteiger partial charge on any atom is -0.462 e. The van der Waals surface area contributed by atoms with Crippen molar-refractivity contribution in [2.45, 2.75) is 343 Å². The Morgan fingerprint density at radius 1 is 0.318 bits per heavy atom. The van der Waals surface area contributed by atoms with Crippen molar-refractivity contribution in [2.75, 3.05) is 13.2 Å². The van der Waals surface area contributed by atoms with E-state index in [0.717, 1.165) is 76.0 Å². The normalized spacial score (nSPS) is 12.5. The number of esters is 3. The highest BCUT2D eigenvalue weighted by Crippen LogP contribution is 2.19. The molecule has 0 aromatic rings. The van der Waals surface area contributed by atoms with Gasteiger partial charge in [0.2, 0.25) is 0 Å². The maximum absolute atomic E-state index is 12.8. The van der Waals surface area contributed by atoms with Gasteiger partial charge < -0.3 is 14.2 Å². The van der Waals surface area contributed by atoms with Crippen molar-refractivity contribution in [3.8, 4) is 0 Å². The van der Waals surface area contributed by atoms with E-state index in [4.69, 9.17) is 14.2 Å². The third-order valence-electron chi connectivity index (χ3n) is 14.1.